The number of carbonyl (C=O) groups is 2. The molecule has 0 radical (unpaired) electrons. The van der Waals surface area contributed by atoms with Gasteiger partial charge in [0.05, 0.1) is 11.9 Å². The molecule has 0 spiro atoms. The zero-order valence-corrected chi connectivity index (χ0v) is 7.02. The molecule has 1 unspecified atom stereocenters. The van der Waals surface area contributed by atoms with Gasteiger partial charge in [0.15, 0.2) is 5.78 Å². The van der Waals surface area contributed by atoms with Gasteiger partial charge in [-0.2, -0.15) is 0 Å². The van der Waals surface area contributed by atoms with Gasteiger partial charge in [-0.25, -0.2) is 4.79 Å². The number of hydrogen-bond donors (Lipinski definition) is 2. The smallest absolute Gasteiger partial charge is 0.312 e. The lowest BCUT2D eigenvalue weighted by molar-refractivity contribution is -0.118. The summed E-state index contributed by atoms with van der Waals surface area (Å²) in [5, 5.41) is 2.29. The van der Waals surface area contributed by atoms with Crippen LogP contribution >= 0.6 is 11.6 Å². The van der Waals surface area contributed by atoms with Crippen LogP contribution in [0.15, 0.2) is 0 Å². The fourth-order valence-corrected chi connectivity index (χ4v) is 0.861. The Kier molecular flexibility index (Phi) is 4.61. The standard InChI is InChI=1S/C6H11ClN2O2/c1-2-4(5(10)3-7)9-6(8)11/h4H,2-3H2,1H3,(H3,8,9,11). The van der Waals surface area contributed by atoms with Crippen LogP contribution in [0.1, 0.15) is 13.3 Å². The summed E-state index contributed by atoms with van der Waals surface area (Å²) in [6.45, 7) is 1.77. The molecule has 0 saturated heterocycles. The number of carbonyl (C=O) groups excluding carboxylic acids is 2. The van der Waals surface area contributed by atoms with Crippen LogP contribution in [0.4, 0.5) is 4.79 Å². The first kappa shape index (κ1) is 10.2. The van der Waals surface area contributed by atoms with E-state index in [-0.39, 0.29) is 11.7 Å². The van der Waals surface area contributed by atoms with E-state index in [0.29, 0.717) is 6.42 Å². The molecule has 2 amide bonds. The molecule has 0 fully saturated rings. The lowest BCUT2D eigenvalue weighted by Gasteiger charge is -2.11. The molecule has 3 N–H and O–H groups in total. The molecule has 0 aliphatic heterocycles. The lowest BCUT2D eigenvalue weighted by atomic mass is 10.1. The Morgan fingerprint density at radius 2 is 2.18 bits per heavy atom. The third kappa shape index (κ3) is 3.83. The molecule has 0 aromatic carbocycles. The van der Waals surface area contributed by atoms with E-state index in [4.69, 9.17) is 17.3 Å². The quantitative estimate of drug-likeness (QED) is 0.606. The SMILES string of the molecule is CCC(NC(N)=O)C(=O)CCl. The molecule has 0 rings (SSSR count). The zero-order chi connectivity index (χ0) is 8.85. The van der Waals surface area contributed by atoms with Crippen molar-refractivity contribution in [2.45, 2.75) is 19.4 Å². The van der Waals surface area contributed by atoms with Gasteiger partial charge in [-0.3, -0.25) is 4.79 Å². The van der Waals surface area contributed by atoms with Crippen LogP contribution in [0.3, 0.4) is 0 Å². The maximum atomic E-state index is 10.9. The number of hydrogen-bond acceptors (Lipinski definition) is 2. The molecule has 5 heteroatoms. The van der Waals surface area contributed by atoms with Crippen LogP contribution in [-0.4, -0.2) is 23.7 Å². The van der Waals surface area contributed by atoms with E-state index >= 15 is 0 Å². The zero-order valence-electron chi connectivity index (χ0n) is 6.26. The second-order valence-electron chi connectivity index (χ2n) is 2.07. The minimum absolute atomic E-state index is 0.0984. The van der Waals surface area contributed by atoms with Gasteiger partial charge in [-0.05, 0) is 6.42 Å². The number of primary amides is 1. The summed E-state index contributed by atoms with van der Waals surface area (Å²) in [6, 6.07) is -1.24. The monoisotopic (exact) mass is 178 g/mol. The first-order chi connectivity index (χ1) is 5.11. The number of nitrogens with two attached hydrogens (primary N) is 1. The Labute approximate surface area is 70.1 Å². The van der Waals surface area contributed by atoms with Crippen molar-refractivity contribution in [2.75, 3.05) is 5.88 Å². The van der Waals surface area contributed by atoms with E-state index in [9.17, 15) is 9.59 Å². The number of Topliss-reactive ketones (excluding diaryl/α,β-unsaturated/α-hetero) is 1. The highest BCUT2D eigenvalue weighted by molar-refractivity contribution is 6.28. The predicted octanol–water partition coefficient (Wildman–Crippen LogP) is 0.241. The number of ketones is 1. The van der Waals surface area contributed by atoms with Crippen LogP contribution in [-0.2, 0) is 4.79 Å². The first-order valence-corrected chi connectivity index (χ1v) is 3.79. The van der Waals surface area contributed by atoms with Gasteiger partial charge in [0.2, 0.25) is 0 Å². The molecule has 0 aliphatic rings. The largest absolute Gasteiger partial charge is 0.352 e. The van der Waals surface area contributed by atoms with Crippen molar-refractivity contribution in [3.8, 4) is 0 Å². The Hall–Kier alpha value is -0.770. The van der Waals surface area contributed by atoms with Crippen molar-refractivity contribution in [1.82, 2.24) is 5.32 Å². The second kappa shape index (κ2) is 4.96. The van der Waals surface area contributed by atoms with Crippen LogP contribution in [0.25, 0.3) is 0 Å². The Bertz CT molecular complexity index is 161. The number of amides is 2. The molecule has 1 atom stereocenters. The maximum Gasteiger partial charge on any atom is 0.312 e. The summed E-state index contributed by atoms with van der Waals surface area (Å²) in [4.78, 5) is 21.2. The fraction of sp³-hybridized carbons (Fsp3) is 0.667. The van der Waals surface area contributed by atoms with E-state index < -0.39 is 12.1 Å². The van der Waals surface area contributed by atoms with Crippen LogP contribution < -0.4 is 11.1 Å². The summed E-state index contributed by atoms with van der Waals surface area (Å²) in [5.41, 5.74) is 4.82. The minimum atomic E-state index is -0.699. The molecular formula is C6H11ClN2O2. The Balaban J connectivity index is 3.94. The van der Waals surface area contributed by atoms with Crippen molar-refractivity contribution < 1.29 is 9.59 Å². The molecule has 0 aromatic rings. The summed E-state index contributed by atoms with van der Waals surface area (Å²) < 4.78 is 0. The van der Waals surface area contributed by atoms with Crippen molar-refractivity contribution in [3.05, 3.63) is 0 Å². The molecule has 11 heavy (non-hydrogen) atoms. The topological polar surface area (TPSA) is 72.2 Å². The van der Waals surface area contributed by atoms with Crippen molar-refractivity contribution in [3.63, 3.8) is 0 Å². The number of rotatable bonds is 4. The third-order valence-corrected chi connectivity index (χ3v) is 1.51. The van der Waals surface area contributed by atoms with Crippen molar-refractivity contribution >= 4 is 23.4 Å². The number of halogens is 1. The lowest BCUT2D eigenvalue weighted by Crippen LogP contribution is -2.43. The number of urea groups is 1. The molecular weight excluding hydrogens is 168 g/mol. The van der Waals surface area contributed by atoms with Crippen molar-refractivity contribution in [2.24, 2.45) is 5.73 Å². The van der Waals surface area contributed by atoms with Gasteiger partial charge in [0, 0.05) is 0 Å². The van der Waals surface area contributed by atoms with Gasteiger partial charge in [-0.15, -0.1) is 11.6 Å². The Morgan fingerprint density at radius 1 is 1.64 bits per heavy atom. The Morgan fingerprint density at radius 3 is 2.45 bits per heavy atom. The predicted molar refractivity (Wildman–Crippen MR) is 42.5 cm³/mol. The van der Waals surface area contributed by atoms with E-state index in [1.807, 2.05) is 0 Å². The van der Waals surface area contributed by atoms with Crippen LogP contribution in [0.5, 0.6) is 0 Å². The summed E-state index contributed by atoms with van der Waals surface area (Å²) >= 11 is 5.27. The highest BCUT2D eigenvalue weighted by Crippen LogP contribution is 1.94. The average molecular weight is 179 g/mol. The second-order valence-corrected chi connectivity index (χ2v) is 2.34. The van der Waals surface area contributed by atoms with E-state index in [0.717, 1.165) is 0 Å². The average Bonchev–Trinajstić information content (AvgIpc) is 1.98. The summed E-state index contributed by atoms with van der Waals surface area (Å²) in [7, 11) is 0. The maximum absolute atomic E-state index is 10.9. The van der Waals surface area contributed by atoms with Crippen LogP contribution in [0.2, 0.25) is 0 Å². The number of alkyl halides is 1. The van der Waals surface area contributed by atoms with E-state index in [1.54, 1.807) is 6.92 Å². The number of nitrogens with one attached hydrogen (secondary N) is 1. The highest BCUT2D eigenvalue weighted by Gasteiger charge is 2.15. The molecule has 4 nitrogen and oxygen atoms in total. The van der Waals surface area contributed by atoms with Crippen LogP contribution in [0, 0.1) is 0 Å². The van der Waals surface area contributed by atoms with E-state index in [2.05, 4.69) is 5.32 Å². The molecule has 0 bridgehead atoms. The van der Waals surface area contributed by atoms with Gasteiger partial charge in [0.25, 0.3) is 0 Å². The molecule has 64 valence electrons. The fourth-order valence-electron chi connectivity index (χ4n) is 0.675. The van der Waals surface area contributed by atoms with Gasteiger partial charge < -0.3 is 11.1 Å². The molecule has 0 saturated carbocycles. The molecule has 0 aliphatic carbocycles. The minimum Gasteiger partial charge on any atom is -0.352 e. The normalized spacial score (nSPS) is 12.2. The van der Waals surface area contributed by atoms with E-state index in [1.165, 1.54) is 0 Å². The highest BCUT2D eigenvalue weighted by atomic mass is 35.5. The molecule has 0 heterocycles. The summed E-state index contributed by atoms with van der Waals surface area (Å²) in [6.07, 6.45) is 0.508. The van der Waals surface area contributed by atoms with Crippen molar-refractivity contribution in [1.29, 1.82) is 0 Å². The van der Waals surface area contributed by atoms with Gasteiger partial charge in [0.1, 0.15) is 0 Å². The summed E-state index contributed by atoms with van der Waals surface area (Å²) in [5.74, 6) is -0.313. The van der Waals surface area contributed by atoms with Gasteiger partial charge in [-0.1, -0.05) is 6.92 Å². The third-order valence-electron chi connectivity index (χ3n) is 1.25. The first-order valence-electron chi connectivity index (χ1n) is 3.26. The molecule has 0 aromatic heterocycles. The van der Waals surface area contributed by atoms with Gasteiger partial charge >= 0.3 is 6.03 Å².